The Hall–Kier alpha value is -0.0400. The first-order chi connectivity index (χ1) is 7.51. The quantitative estimate of drug-likeness (QED) is 0.840. The summed E-state index contributed by atoms with van der Waals surface area (Å²) in [4.78, 5) is 0.366. The van der Waals surface area contributed by atoms with E-state index in [0.29, 0.717) is 11.4 Å². The lowest BCUT2D eigenvalue weighted by molar-refractivity contribution is 0.442. The molecule has 1 aromatic carbocycles. The van der Waals surface area contributed by atoms with E-state index in [1.807, 2.05) is 6.92 Å². The van der Waals surface area contributed by atoms with Crippen LogP contribution in [0.25, 0.3) is 0 Å². The van der Waals surface area contributed by atoms with Crippen LogP contribution in [-0.2, 0) is 10.0 Å². The van der Waals surface area contributed by atoms with Crippen LogP contribution in [0.2, 0.25) is 0 Å². The average molecular weight is 322 g/mol. The van der Waals surface area contributed by atoms with Crippen molar-refractivity contribution in [3.63, 3.8) is 0 Å². The number of sulfonamides is 1. The molecule has 1 aliphatic rings. The molecule has 0 radical (unpaired) electrons. The van der Waals surface area contributed by atoms with E-state index >= 15 is 0 Å². The summed E-state index contributed by atoms with van der Waals surface area (Å²) in [6.45, 7) is 2.53. The van der Waals surface area contributed by atoms with Crippen LogP contribution in [-0.4, -0.2) is 30.4 Å². The number of hydrogen-bond acceptors (Lipinski definition) is 3. The molecular weight excluding hydrogens is 310 g/mol. The van der Waals surface area contributed by atoms with Crippen molar-refractivity contribution in [2.75, 3.05) is 12.3 Å². The average Bonchev–Trinajstić information content (AvgIpc) is 2.66. The minimum Gasteiger partial charge on any atom is -0.207 e. The van der Waals surface area contributed by atoms with Crippen molar-refractivity contribution in [3.8, 4) is 0 Å². The van der Waals surface area contributed by atoms with Gasteiger partial charge in [-0.25, -0.2) is 8.42 Å². The molecule has 16 heavy (non-hydrogen) atoms. The number of thioether (sulfide) groups is 1. The van der Waals surface area contributed by atoms with Gasteiger partial charge in [-0.2, -0.15) is 4.31 Å². The monoisotopic (exact) mass is 321 g/mol. The fraction of sp³-hybridized carbons (Fsp3) is 0.400. The van der Waals surface area contributed by atoms with E-state index in [2.05, 4.69) is 15.9 Å². The Morgan fingerprint density at radius 2 is 2.00 bits per heavy atom. The molecule has 1 fully saturated rings. The molecule has 1 saturated heterocycles. The van der Waals surface area contributed by atoms with Crippen LogP contribution in [0.4, 0.5) is 0 Å². The van der Waals surface area contributed by atoms with Crippen LogP contribution >= 0.6 is 27.7 Å². The van der Waals surface area contributed by atoms with E-state index in [-0.39, 0.29) is 5.37 Å². The van der Waals surface area contributed by atoms with E-state index < -0.39 is 10.0 Å². The number of hydrogen-bond donors (Lipinski definition) is 0. The van der Waals surface area contributed by atoms with E-state index in [0.717, 1.165) is 10.2 Å². The molecule has 1 aromatic rings. The minimum absolute atomic E-state index is 0.0358. The van der Waals surface area contributed by atoms with Crippen LogP contribution < -0.4 is 0 Å². The van der Waals surface area contributed by atoms with Gasteiger partial charge in [0.15, 0.2) is 0 Å². The van der Waals surface area contributed by atoms with Gasteiger partial charge in [-0.3, -0.25) is 0 Å². The molecule has 0 N–H and O–H groups in total. The Kier molecular flexibility index (Phi) is 3.63. The standard InChI is InChI=1S/C10H12BrNO2S2/c1-8-12(6-7-15-8)16(13,14)10-4-2-9(11)3-5-10/h2-5,8H,6-7H2,1H3/t8-/m1/s1. The molecule has 0 unspecified atom stereocenters. The van der Waals surface area contributed by atoms with Gasteiger partial charge in [0, 0.05) is 16.8 Å². The van der Waals surface area contributed by atoms with Crippen molar-refractivity contribution in [3.05, 3.63) is 28.7 Å². The summed E-state index contributed by atoms with van der Waals surface area (Å²) in [6.07, 6.45) is 0. The summed E-state index contributed by atoms with van der Waals surface area (Å²) >= 11 is 4.96. The number of halogens is 1. The second kappa shape index (κ2) is 4.68. The van der Waals surface area contributed by atoms with E-state index in [1.54, 1.807) is 40.3 Å². The Balaban J connectivity index is 2.35. The van der Waals surface area contributed by atoms with E-state index in [1.165, 1.54) is 0 Å². The zero-order chi connectivity index (χ0) is 11.8. The first-order valence-electron chi connectivity index (χ1n) is 4.91. The number of benzene rings is 1. The zero-order valence-electron chi connectivity index (χ0n) is 8.76. The predicted octanol–water partition coefficient (Wildman–Crippen LogP) is 2.53. The lowest BCUT2D eigenvalue weighted by Crippen LogP contribution is -2.33. The van der Waals surface area contributed by atoms with Gasteiger partial charge in [0.05, 0.1) is 10.3 Å². The van der Waals surface area contributed by atoms with Crippen molar-refractivity contribution < 1.29 is 8.42 Å². The van der Waals surface area contributed by atoms with Gasteiger partial charge >= 0.3 is 0 Å². The Bertz CT molecular complexity index is 472. The Morgan fingerprint density at radius 1 is 1.38 bits per heavy atom. The Morgan fingerprint density at radius 3 is 2.50 bits per heavy atom. The van der Waals surface area contributed by atoms with Crippen molar-refractivity contribution in [2.24, 2.45) is 0 Å². The molecule has 6 heteroatoms. The lowest BCUT2D eigenvalue weighted by Gasteiger charge is -2.19. The lowest BCUT2D eigenvalue weighted by atomic mass is 10.4. The molecule has 3 nitrogen and oxygen atoms in total. The van der Waals surface area contributed by atoms with Gasteiger partial charge in [0.25, 0.3) is 0 Å². The third kappa shape index (κ3) is 2.30. The van der Waals surface area contributed by atoms with Crippen LogP contribution in [0.1, 0.15) is 6.92 Å². The van der Waals surface area contributed by atoms with Crippen molar-refractivity contribution in [1.29, 1.82) is 0 Å². The normalized spacial score (nSPS) is 22.5. The first kappa shape index (κ1) is 12.4. The molecule has 0 aliphatic carbocycles. The maximum absolute atomic E-state index is 12.3. The maximum Gasteiger partial charge on any atom is 0.244 e. The highest BCUT2D eigenvalue weighted by molar-refractivity contribution is 9.10. The van der Waals surface area contributed by atoms with Gasteiger partial charge in [0.2, 0.25) is 10.0 Å². The summed E-state index contributed by atoms with van der Waals surface area (Å²) < 4.78 is 26.9. The van der Waals surface area contributed by atoms with Gasteiger partial charge in [-0.05, 0) is 31.2 Å². The van der Waals surface area contributed by atoms with Crippen LogP contribution in [0.3, 0.4) is 0 Å². The summed E-state index contributed by atoms with van der Waals surface area (Å²) in [5, 5.41) is 0.0358. The molecule has 2 rings (SSSR count). The van der Waals surface area contributed by atoms with Gasteiger partial charge in [-0.1, -0.05) is 15.9 Å². The fourth-order valence-corrected chi connectivity index (χ4v) is 4.93. The summed E-state index contributed by atoms with van der Waals surface area (Å²) in [5.41, 5.74) is 0. The maximum atomic E-state index is 12.3. The highest BCUT2D eigenvalue weighted by Gasteiger charge is 2.32. The van der Waals surface area contributed by atoms with Crippen molar-refractivity contribution >= 4 is 37.7 Å². The summed E-state index contributed by atoms with van der Waals surface area (Å²) in [5.74, 6) is 0.872. The SMILES string of the molecule is C[C@H]1SCCN1S(=O)(=O)c1ccc(Br)cc1. The summed E-state index contributed by atoms with van der Waals surface area (Å²) in [7, 11) is -3.31. The number of nitrogens with zero attached hydrogens (tertiary/aromatic N) is 1. The minimum atomic E-state index is -3.31. The Labute approximate surface area is 108 Å². The molecule has 1 heterocycles. The van der Waals surface area contributed by atoms with Crippen LogP contribution in [0, 0.1) is 0 Å². The van der Waals surface area contributed by atoms with Gasteiger partial charge in [0.1, 0.15) is 0 Å². The molecule has 0 amide bonds. The van der Waals surface area contributed by atoms with Crippen LogP contribution in [0.15, 0.2) is 33.6 Å². The molecule has 0 saturated carbocycles. The van der Waals surface area contributed by atoms with E-state index in [4.69, 9.17) is 0 Å². The van der Waals surface area contributed by atoms with Crippen LogP contribution in [0.5, 0.6) is 0 Å². The van der Waals surface area contributed by atoms with E-state index in [9.17, 15) is 8.42 Å². The van der Waals surface area contributed by atoms with Crippen molar-refractivity contribution in [2.45, 2.75) is 17.2 Å². The topological polar surface area (TPSA) is 37.4 Å². The first-order valence-corrected chi connectivity index (χ1v) is 8.19. The number of rotatable bonds is 2. The predicted molar refractivity (Wildman–Crippen MR) is 70.0 cm³/mol. The van der Waals surface area contributed by atoms with Gasteiger partial charge < -0.3 is 0 Å². The molecule has 1 aliphatic heterocycles. The fourth-order valence-electron chi connectivity index (χ4n) is 1.64. The van der Waals surface area contributed by atoms with Crippen molar-refractivity contribution in [1.82, 2.24) is 4.31 Å². The third-order valence-corrected chi connectivity index (χ3v) is 6.30. The molecule has 1 atom stereocenters. The smallest absolute Gasteiger partial charge is 0.207 e. The highest BCUT2D eigenvalue weighted by Crippen LogP contribution is 2.29. The van der Waals surface area contributed by atoms with Gasteiger partial charge in [-0.15, -0.1) is 11.8 Å². The summed E-state index contributed by atoms with van der Waals surface area (Å²) in [6, 6.07) is 6.77. The second-order valence-corrected chi connectivity index (χ2v) is 7.77. The molecular formula is C10H12BrNO2S2. The molecule has 0 aromatic heterocycles. The third-order valence-electron chi connectivity index (χ3n) is 2.50. The molecule has 88 valence electrons. The molecule has 0 spiro atoms. The highest BCUT2D eigenvalue weighted by atomic mass is 79.9. The largest absolute Gasteiger partial charge is 0.244 e. The second-order valence-electron chi connectivity index (χ2n) is 3.54. The molecule has 0 bridgehead atoms. The zero-order valence-corrected chi connectivity index (χ0v) is 12.0.